The molecule has 0 amide bonds. The van der Waals surface area contributed by atoms with Crippen LogP contribution in [0, 0.1) is 0 Å². The highest BCUT2D eigenvalue weighted by atomic mass is 15.7. The van der Waals surface area contributed by atoms with Gasteiger partial charge in [-0.15, -0.1) is 0 Å². The molecule has 3 nitrogen and oxygen atoms in total. The fourth-order valence-corrected chi connectivity index (χ4v) is 1.71. The summed E-state index contributed by atoms with van der Waals surface area (Å²) >= 11 is 0. The summed E-state index contributed by atoms with van der Waals surface area (Å²) in [5.74, 6) is 0. The molecule has 0 aromatic carbocycles. The number of fused-ring (bicyclic) bond motifs is 1. The maximum absolute atomic E-state index is 4.19. The van der Waals surface area contributed by atoms with Gasteiger partial charge in [0, 0.05) is 0 Å². The number of rotatable bonds is 0. The maximum Gasteiger partial charge on any atom is 0.0969 e. The molecule has 2 unspecified atom stereocenters. The molecule has 0 aromatic heterocycles. The molecule has 1 fully saturated rings. The minimum absolute atomic E-state index is 0.266. The molecule has 2 heterocycles. The smallest absolute Gasteiger partial charge is 0.0969 e. The summed E-state index contributed by atoms with van der Waals surface area (Å²) in [5.41, 5.74) is 3.68. The van der Waals surface area contributed by atoms with Crippen LogP contribution in [0.3, 0.4) is 0 Å². The van der Waals surface area contributed by atoms with Crippen molar-refractivity contribution in [2.75, 3.05) is 6.54 Å². The molecule has 0 aromatic rings. The third-order valence-electron chi connectivity index (χ3n) is 3.00. The van der Waals surface area contributed by atoms with Crippen LogP contribution < -0.4 is 5.43 Å². The Morgan fingerprint density at radius 2 is 2.20 bits per heavy atom. The molecular weight excluding hydrogens is 126 g/mol. The van der Waals surface area contributed by atoms with Crippen molar-refractivity contribution in [2.45, 2.75) is 31.8 Å². The van der Waals surface area contributed by atoms with E-state index >= 15 is 0 Å². The average Bonchev–Trinajstić information content (AvgIpc) is 2.30. The number of aliphatic imine (C=N–C) groups is 1. The van der Waals surface area contributed by atoms with Gasteiger partial charge in [-0.05, 0) is 20.8 Å². The van der Waals surface area contributed by atoms with Crippen LogP contribution in [0.4, 0.5) is 0 Å². The fraction of sp³-hybridized carbons (Fsp3) is 0.857. The van der Waals surface area contributed by atoms with Crippen molar-refractivity contribution in [3.63, 3.8) is 0 Å². The molecule has 0 radical (unpaired) electrons. The third-order valence-corrected chi connectivity index (χ3v) is 3.00. The van der Waals surface area contributed by atoms with Crippen molar-refractivity contribution in [3.05, 3.63) is 0 Å². The van der Waals surface area contributed by atoms with Gasteiger partial charge in [0.2, 0.25) is 0 Å². The van der Waals surface area contributed by atoms with E-state index in [1.54, 1.807) is 6.34 Å². The quantitative estimate of drug-likeness (QED) is 0.491. The lowest BCUT2D eigenvalue weighted by molar-refractivity contribution is 0.356. The molecule has 0 bridgehead atoms. The second-order valence-electron chi connectivity index (χ2n) is 3.77. The zero-order chi connectivity index (χ0) is 7.41. The number of hydrogen-bond donors (Lipinski definition) is 1. The number of nitrogens with zero attached hydrogens (tertiary/aromatic N) is 2. The molecule has 56 valence electrons. The molecule has 2 aliphatic rings. The maximum atomic E-state index is 4.19. The highest BCUT2D eigenvalue weighted by Gasteiger charge is 2.67. The minimum atomic E-state index is 0.266. The second-order valence-corrected chi connectivity index (χ2v) is 3.77. The van der Waals surface area contributed by atoms with E-state index in [4.69, 9.17) is 0 Å². The Morgan fingerprint density at radius 3 is 2.60 bits per heavy atom. The van der Waals surface area contributed by atoms with Gasteiger partial charge in [-0.25, -0.2) is 5.01 Å². The predicted molar refractivity (Wildman–Crippen MR) is 40.8 cm³/mol. The van der Waals surface area contributed by atoms with E-state index in [0.29, 0.717) is 0 Å². The number of hydrogen-bond acceptors (Lipinski definition) is 3. The van der Waals surface area contributed by atoms with Crippen LogP contribution in [0.15, 0.2) is 4.99 Å². The van der Waals surface area contributed by atoms with Crippen LogP contribution in [0.1, 0.15) is 20.8 Å². The van der Waals surface area contributed by atoms with Crippen LogP contribution in [-0.2, 0) is 0 Å². The summed E-state index contributed by atoms with van der Waals surface area (Å²) in [7, 11) is 0. The first kappa shape index (κ1) is 6.16. The molecule has 2 atom stereocenters. The van der Waals surface area contributed by atoms with Crippen LogP contribution >= 0.6 is 0 Å². The first-order chi connectivity index (χ1) is 4.59. The molecule has 1 saturated heterocycles. The molecule has 1 N–H and O–H groups in total. The first-order valence-corrected chi connectivity index (χ1v) is 3.64. The summed E-state index contributed by atoms with van der Waals surface area (Å²) in [6, 6.07) is 0. The topological polar surface area (TPSA) is 27.4 Å². The number of nitrogens with one attached hydrogen (secondary N) is 1. The van der Waals surface area contributed by atoms with E-state index in [2.05, 4.69) is 36.2 Å². The number of hydrazine groups is 1. The van der Waals surface area contributed by atoms with Crippen molar-refractivity contribution in [1.29, 1.82) is 0 Å². The average molecular weight is 139 g/mol. The van der Waals surface area contributed by atoms with Gasteiger partial charge in [-0.1, -0.05) is 0 Å². The zero-order valence-corrected chi connectivity index (χ0v) is 6.68. The van der Waals surface area contributed by atoms with Crippen LogP contribution in [-0.4, -0.2) is 29.0 Å². The van der Waals surface area contributed by atoms with E-state index < -0.39 is 0 Å². The van der Waals surface area contributed by atoms with Crippen LogP contribution in [0.2, 0.25) is 0 Å². The van der Waals surface area contributed by atoms with Gasteiger partial charge in [0.15, 0.2) is 0 Å². The lowest BCUT2D eigenvalue weighted by atomic mass is 9.99. The molecular formula is C7H13N3. The monoisotopic (exact) mass is 139 g/mol. The molecule has 0 spiro atoms. The Kier molecular flexibility index (Phi) is 0.844. The Morgan fingerprint density at radius 1 is 1.50 bits per heavy atom. The summed E-state index contributed by atoms with van der Waals surface area (Å²) in [5, 5.41) is 2.24. The molecule has 2 aliphatic heterocycles. The van der Waals surface area contributed by atoms with Gasteiger partial charge >= 0.3 is 0 Å². The van der Waals surface area contributed by atoms with Crippen molar-refractivity contribution in [1.82, 2.24) is 10.4 Å². The molecule has 0 saturated carbocycles. The Balaban J connectivity index is 2.27. The van der Waals surface area contributed by atoms with E-state index in [9.17, 15) is 0 Å². The summed E-state index contributed by atoms with van der Waals surface area (Å²) in [6.07, 6.45) is 1.77. The van der Waals surface area contributed by atoms with Crippen LogP contribution in [0.25, 0.3) is 0 Å². The Hall–Kier alpha value is -0.570. The first-order valence-electron chi connectivity index (χ1n) is 3.64. The SMILES string of the molecule is CC1(C)N2NC=NCC21C. The van der Waals surface area contributed by atoms with Gasteiger partial charge in [-0.3, -0.25) is 4.99 Å². The largest absolute Gasteiger partial charge is 0.308 e. The van der Waals surface area contributed by atoms with Crippen molar-refractivity contribution in [2.24, 2.45) is 4.99 Å². The van der Waals surface area contributed by atoms with E-state index in [1.165, 1.54) is 0 Å². The second kappa shape index (κ2) is 1.37. The summed E-state index contributed by atoms with van der Waals surface area (Å²) < 4.78 is 0. The Bertz CT molecular complexity index is 197. The zero-order valence-electron chi connectivity index (χ0n) is 6.68. The van der Waals surface area contributed by atoms with Crippen molar-refractivity contribution in [3.8, 4) is 0 Å². The highest BCUT2D eigenvalue weighted by molar-refractivity contribution is 5.57. The molecule has 0 aliphatic carbocycles. The molecule has 2 rings (SSSR count). The Labute approximate surface area is 61.1 Å². The summed E-state index contributed by atoms with van der Waals surface area (Å²) in [4.78, 5) is 4.19. The summed E-state index contributed by atoms with van der Waals surface area (Å²) in [6.45, 7) is 7.62. The lowest BCUT2D eigenvalue weighted by Crippen LogP contribution is -2.32. The van der Waals surface area contributed by atoms with Gasteiger partial charge in [0.1, 0.15) is 0 Å². The van der Waals surface area contributed by atoms with Gasteiger partial charge < -0.3 is 5.43 Å². The normalized spacial score (nSPS) is 47.7. The van der Waals surface area contributed by atoms with E-state index in [1.807, 2.05) is 0 Å². The standard InChI is InChI=1S/C7H13N3/c1-6(2)7(3)4-8-5-9-10(6)7/h5H,4H2,1-3H3,(H,8,9). The minimum Gasteiger partial charge on any atom is -0.308 e. The van der Waals surface area contributed by atoms with Crippen LogP contribution in [0.5, 0.6) is 0 Å². The molecule has 10 heavy (non-hydrogen) atoms. The van der Waals surface area contributed by atoms with Crippen molar-refractivity contribution >= 4 is 6.34 Å². The van der Waals surface area contributed by atoms with E-state index in [0.717, 1.165) is 6.54 Å². The lowest BCUT2D eigenvalue weighted by Gasteiger charge is -2.12. The fourth-order valence-electron chi connectivity index (χ4n) is 1.71. The van der Waals surface area contributed by atoms with Crippen molar-refractivity contribution < 1.29 is 0 Å². The molecule has 3 heteroatoms. The highest BCUT2D eigenvalue weighted by Crippen LogP contribution is 2.49. The third kappa shape index (κ3) is 0.440. The van der Waals surface area contributed by atoms with Gasteiger partial charge in [0.05, 0.1) is 24.0 Å². The predicted octanol–water partition coefficient (Wildman–Crippen LogP) is 0.386. The van der Waals surface area contributed by atoms with E-state index in [-0.39, 0.29) is 11.1 Å². The van der Waals surface area contributed by atoms with Gasteiger partial charge in [-0.2, -0.15) is 0 Å². The van der Waals surface area contributed by atoms with Gasteiger partial charge in [0.25, 0.3) is 0 Å².